The summed E-state index contributed by atoms with van der Waals surface area (Å²) in [6.07, 6.45) is 0.971. The average Bonchev–Trinajstić information content (AvgIpc) is 4.07. The Balaban J connectivity index is 0.892. The molecule has 2 heterocycles. The summed E-state index contributed by atoms with van der Waals surface area (Å²) in [5.41, 5.74) is 25.0. The summed E-state index contributed by atoms with van der Waals surface area (Å²) in [6, 6.07) is 70.6. The summed E-state index contributed by atoms with van der Waals surface area (Å²) in [6.45, 7) is 12.5. The molecular formula is C63H50N2O. The van der Waals surface area contributed by atoms with E-state index in [2.05, 4.69) is 232 Å². The van der Waals surface area contributed by atoms with Crippen LogP contribution in [0, 0.1) is 6.92 Å². The largest absolute Gasteiger partial charge is 0.493 e. The molecule has 3 heteroatoms. The third kappa shape index (κ3) is 5.75. The Bertz CT molecular complexity index is 3570. The van der Waals surface area contributed by atoms with E-state index in [4.69, 9.17) is 4.74 Å². The number of nitrogens with zero attached hydrogens (tertiary/aromatic N) is 2. The number of aromatic nitrogens is 1. The zero-order valence-electron chi connectivity index (χ0n) is 38.1. The Labute approximate surface area is 387 Å². The monoisotopic (exact) mass is 850 g/mol. The zero-order chi connectivity index (χ0) is 44.5. The van der Waals surface area contributed by atoms with Crippen molar-refractivity contribution in [2.45, 2.75) is 51.9 Å². The van der Waals surface area contributed by atoms with Gasteiger partial charge in [-0.05, 0) is 158 Å². The zero-order valence-corrected chi connectivity index (χ0v) is 38.1. The van der Waals surface area contributed by atoms with Crippen LogP contribution in [-0.2, 0) is 17.3 Å². The molecule has 0 bridgehead atoms. The first-order valence-electron chi connectivity index (χ1n) is 23.4. The van der Waals surface area contributed by atoms with Gasteiger partial charge in [-0.3, -0.25) is 0 Å². The predicted molar refractivity (Wildman–Crippen MR) is 275 cm³/mol. The van der Waals surface area contributed by atoms with Gasteiger partial charge in [0.15, 0.2) is 0 Å². The van der Waals surface area contributed by atoms with Crippen molar-refractivity contribution in [3.05, 3.63) is 221 Å². The number of aryl methyl sites for hydroxylation is 1. The van der Waals surface area contributed by atoms with Crippen LogP contribution < -0.4 is 9.64 Å². The number of ether oxygens (including phenoxy) is 1. The lowest BCUT2D eigenvalue weighted by atomic mass is 9.81. The molecule has 0 radical (unpaired) electrons. The Kier molecular flexibility index (Phi) is 8.34. The number of para-hydroxylation sites is 2. The second-order valence-corrected chi connectivity index (χ2v) is 19.7. The van der Waals surface area contributed by atoms with Crippen LogP contribution in [-0.4, -0.2) is 11.2 Å². The molecule has 13 rings (SSSR count). The highest BCUT2D eigenvalue weighted by atomic mass is 16.5. The number of fused-ring (bicyclic) bond motifs is 10. The fourth-order valence-electron chi connectivity index (χ4n) is 11.6. The molecule has 66 heavy (non-hydrogen) atoms. The Hall–Kier alpha value is -7.62. The smallest absolute Gasteiger partial charge is 0.122 e. The minimum absolute atomic E-state index is 0.126. The van der Waals surface area contributed by atoms with E-state index in [1.54, 1.807) is 0 Å². The molecule has 0 fully saturated rings. The van der Waals surface area contributed by atoms with Gasteiger partial charge in [-0.15, -0.1) is 0 Å². The van der Waals surface area contributed by atoms with Crippen molar-refractivity contribution in [2.75, 3.05) is 11.5 Å². The minimum Gasteiger partial charge on any atom is -0.493 e. The Morgan fingerprint density at radius 3 is 1.53 bits per heavy atom. The van der Waals surface area contributed by atoms with Crippen LogP contribution in [0.4, 0.5) is 17.1 Å². The van der Waals surface area contributed by atoms with Crippen LogP contribution >= 0.6 is 0 Å². The molecule has 0 unspecified atom stereocenters. The van der Waals surface area contributed by atoms with Crippen molar-refractivity contribution in [3.63, 3.8) is 0 Å². The summed E-state index contributed by atoms with van der Waals surface area (Å²) in [5.74, 6) is 1.02. The first-order chi connectivity index (χ1) is 32.1. The van der Waals surface area contributed by atoms with Gasteiger partial charge in [-0.25, -0.2) is 0 Å². The molecule has 2 aliphatic carbocycles. The molecular weight excluding hydrogens is 801 g/mol. The number of hydrogen-bond donors (Lipinski definition) is 0. The van der Waals surface area contributed by atoms with Crippen molar-refractivity contribution in [2.24, 2.45) is 0 Å². The van der Waals surface area contributed by atoms with Crippen LogP contribution in [0.3, 0.4) is 0 Å². The number of rotatable bonds is 6. The van der Waals surface area contributed by atoms with Crippen LogP contribution in [0.1, 0.15) is 61.1 Å². The molecule has 0 spiro atoms. The van der Waals surface area contributed by atoms with Crippen LogP contribution in [0.25, 0.3) is 72.0 Å². The summed E-state index contributed by atoms with van der Waals surface area (Å²) in [7, 11) is 0. The van der Waals surface area contributed by atoms with E-state index in [0.29, 0.717) is 0 Å². The molecule has 318 valence electrons. The molecule has 1 aliphatic heterocycles. The van der Waals surface area contributed by atoms with E-state index in [-0.39, 0.29) is 10.8 Å². The van der Waals surface area contributed by atoms with Gasteiger partial charge in [0.2, 0.25) is 0 Å². The van der Waals surface area contributed by atoms with Crippen molar-refractivity contribution in [1.29, 1.82) is 0 Å². The minimum atomic E-state index is -0.198. The fraction of sp³-hybridized carbons (Fsp3) is 0.143. The first kappa shape index (κ1) is 38.8. The topological polar surface area (TPSA) is 17.4 Å². The molecule has 0 saturated carbocycles. The van der Waals surface area contributed by atoms with Crippen LogP contribution in [0.5, 0.6) is 5.75 Å². The normalized spacial score (nSPS) is 14.7. The maximum Gasteiger partial charge on any atom is 0.122 e. The highest BCUT2D eigenvalue weighted by Crippen LogP contribution is 2.54. The van der Waals surface area contributed by atoms with Gasteiger partial charge >= 0.3 is 0 Å². The van der Waals surface area contributed by atoms with Crippen molar-refractivity contribution in [1.82, 2.24) is 4.57 Å². The molecule has 3 aliphatic rings. The predicted octanol–water partition coefficient (Wildman–Crippen LogP) is 16.4. The highest BCUT2D eigenvalue weighted by Gasteiger charge is 2.38. The van der Waals surface area contributed by atoms with Gasteiger partial charge in [0, 0.05) is 50.8 Å². The maximum absolute atomic E-state index is 5.84. The summed E-state index contributed by atoms with van der Waals surface area (Å²) in [4.78, 5) is 2.47. The van der Waals surface area contributed by atoms with Crippen molar-refractivity contribution < 1.29 is 4.74 Å². The maximum atomic E-state index is 5.84. The van der Waals surface area contributed by atoms with Gasteiger partial charge in [0.1, 0.15) is 5.75 Å². The van der Waals surface area contributed by atoms with E-state index in [9.17, 15) is 0 Å². The highest BCUT2D eigenvalue weighted by molar-refractivity contribution is 6.09. The third-order valence-corrected chi connectivity index (χ3v) is 15.2. The second-order valence-electron chi connectivity index (χ2n) is 19.7. The van der Waals surface area contributed by atoms with E-state index in [1.807, 2.05) is 0 Å². The lowest BCUT2D eigenvalue weighted by Gasteiger charge is -2.30. The molecule has 0 amide bonds. The van der Waals surface area contributed by atoms with Gasteiger partial charge < -0.3 is 14.2 Å². The van der Waals surface area contributed by atoms with Crippen molar-refractivity contribution in [3.8, 4) is 55.9 Å². The SMILES string of the molecule is Cc1ccc2c(c1)C(C)(C)c1cc(N(c3ccc(-c4ccc(-n5c6ccccc6c6ccccc65)cc4)cc3)c3ccc4c(c3)C(C)(C)c3cc(-c5ccc6c(c5)CCO6)ccc3-4)ccc1-2. The molecule has 10 aromatic rings. The number of anilines is 3. The quantitative estimate of drug-likeness (QED) is 0.166. The third-order valence-electron chi connectivity index (χ3n) is 15.2. The molecule has 3 nitrogen and oxygen atoms in total. The summed E-state index contributed by atoms with van der Waals surface area (Å²) < 4.78 is 8.22. The van der Waals surface area contributed by atoms with E-state index in [1.165, 1.54) is 99.7 Å². The first-order valence-corrected chi connectivity index (χ1v) is 23.4. The molecule has 0 N–H and O–H groups in total. The van der Waals surface area contributed by atoms with E-state index in [0.717, 1.165) is 41.5 Å². The standard InChI is InChI=1S/C63H50N2O/c1-39-14-27-49-51-29-25-47(37-57(51)62(2,3)55(49)34-39)64(48-26-30-52-50-28-19-43(36-56(50)63(4,5)58(52)38-48)42-20-31-61-44(35-42)32-33-66-61)45-21-15-40(16-22-45)41-17-23-46(24-18-41)65-59-12-8-6-10-53(59)54-11-7-9-13-60(54)65/h6-31,34-38H,32-33H2,1-5H3. The fourth-order valence-corrected chi connectivity index (χ4v) is 11.6. The number of hydrogen-bond acceptors (Lipinski definition) is 2. The van der Waals surface area contributed by atoms with E-state index < -0.39 is 0 Å². The van der Waals surface area contributed by atoms with Gasteiger partial charge in [-0.2, -0.15) is 0 Å². The van der Waals surface area contributed by atoms with Crippen LogP contribution in [0.15, 0.2) is 188 Å². The van der Waals surface area contributed by atoms with E-state index >= 15 is 0 Å². The molecule has 0 atom stereocenters. The lowest BCUT2D eigenvalue weighted by molar-refractivity contribution is 0.357. The van der Waals surface area contributed by atoms with Crippen molar-refractivity contribution >= 4 is 38.9 Å². The lowest BCUT2D eigenvalue weighted by Crippen LogP contribution is -2.18. The number of benzene rings is 9. The van der Waals surface area contributed by atoms with Gasteiger partial charge in [0.25, 0.3) is 0 Å². The summed E-state index contributed by atoms with van der Waals surface area (Å²) >= 11 is 0. The molecule has 9 aromatic carbocycles. The molecule has 1 aromatic heterocycles. The Morgan fingerprint density at radius 2 is 0.909 bits per heavy atom. The summed E-state index contributed by atoms with van der Waals surface area (Å²) in [5, 5.41) is 2.55. The Morgan fingerprint density at radius 1 is 0.439 bits per heavy atom. The van der Waals surface area contributed by atoms with Gasteiger partial charge in [0.05, 0.1) is 17.6 Å². The molecule has 0 saturated heterocycles. The second kappa shape index (κ2) is 14.2. The van der Waals surface area contributed by atoms with Gasteiger partial charge in [-0.1, -0.05) is 142 Å². The average molecular weight is 851 g/mol. The van der Waals surface area contributed by atoms with Crippen LogP contribution in [0.2, 0.25) is 0 Å².